The summed E-state index contributed by atoms with van der Waals surface area (Å²) in [7, 11) is 0. The Morgan fingerprint density at radius 2 is 2.00 bits per heavy atom. The lowest BCUT2D eigenvalue weighted by molar-refractivity contribution is 0.0922. The maximum atomic E-state index is 12.5. The molecule has 1 aliphatic heterocycles. The largest absolute Gasteiger partial charge is 0.351 e. The molecule has 0 unspecified atom stereocenters. The molecular weight excluding hydrogens is 320 g/mol. The average molecular weight is 344 g/mol. The number of hydrogen-bond donors (Lipinski definition) is 3. The van der Waals surface area contributed by atoms with E-state index < -0.39 is 11.1 Å². The minimum absolute atomic E-state index is 0.106. The fourth-order valence-electron chi connectivity index (χ4n) is 3.34. The van der Waals surface area contributed by atoms with Crippen LogP contribution in [0.1, 0.15) is 37.0 Å². The van der Waals surface area contributed by atoms with Gasteiger partial charge in [0, 0.05) is 18.7 Å². The van der Waals surface area contributed by atoms with Crippen LogP contribution in [0.5, 0.6) is 0 Å². The van der Waals surface area contributed by atoms with Crippen LogP contribution >= 0.6 is 0 Å². The molecule has 3 N–H and O–H groups in total. The van der Waals surface area contributed by atoms with Crippen LogP contribution in [0.2, 0.25) is 0 Å². The lowest BCUT2D eigenvalue weighted by Gasteiger charge is -2.34. The second kappa shape index (κ2) is 6.84. The van der Waals surface area contributed by atoms with Gasteiger partial charge in [0.15, 0.2) is 0 Å². The molecule has 0 bridgehead atoms. The molecule has 1 fully saturated rings. The SMILES string of the molecule is CCn1c(=O)c(=O)[nH]c2cc(C(=O)NCC3(C)CCNCC3)ccc21. The number of nitrogens with zero attached hydrogens (tertiary/aromatic N) is 1. The highest BCUT2D eigenvalue weighted by Gasteiger charge is 2.27. The molecule has 25 heavy (non-hydrogen) atoms. The number of carbonyl (C=O) groups is 1. The molecule has 0 atom stereocenters. The Morgan fingerprint density at radius 3 is 2.68 bits per heavy atom. The van der Waals surface area contributed by atoms with Gasteiger partial charge in [-0.05, 0) is 56.5 Å². The van der Waals surface area contributed by atoms with E-state index in [9.17, 15) is 14.4 Å². The molecule has 2 aromatic rings. The van der Waals surface area contributed by atoms with Gasteiger partial charge in [-0.3, -0.25) is 14.4 Å². The van der Waals surface area contributed by atoms with Gasteiger partial charge in [-0.25, -0.2) is 0 Å². The topological polar surface area (TPSA) is 96.0 Å². The first-order valence-corrected chi connectivity index (χ1v) is 8.69. The number of aromatic nitrogens is 2. The third kappa shape index (κ3) is 3.51. The predicted octanol–water partition coefficient (Wildman–Crippen LogP) is 0.829. The van der Waals surface area contributed by atoms with E-state index >= 15 is 0 Å². The van der Waals surface area contributed by atoms with Crippen molar-refractivity contribution in [3.8, 4) is 0 Å². The fraction of sp³-hybridized carbons (Fsp3) is 0.500. The lowest BCUT2D eigenvalue weighted by atomic mass is 9.81. The summed E-state index contributed by atoms with van der Waals surface area (Å²) in [6.45, 7) is 6.95. The Bertz CT molecular complexity index is 907. The van der Waals surface area contributed by atoms with Crippen molar-refractivity contribution >= 4 is 16.9 Å². The smallest absolute Gasteiger partial charge is 0.316 e. The summed E-state index contributed by atoms with van der Waals surface area (Å²) < 4.78 is 1.41. The van der Waals surface area contributed by atoms with Crippen molar-refractivity contribution in [1.29, 1.82) is 0 Å². The van der Waals surface area contributed by atoms with Crippen LogP contribution in [0, 0.1) is 5.41 Å². The quantitative estimate of drug-likeness (QED) is 0.716. The van der Waals surface area contributed by atoms with Crippen molar-refractivity contribution in [2.45, 2.75) is 33.2 Å². The number of aromatic amines is 1. The number of aryl methyl sites for hydroxylation is 1. The third-order valence-electron chi connectivity index (χ3n) is 5.04. The van der Waals surface area contributed by atoms with Gasteiger partial charge in [-0.2, -0.15) is 0 Å². The Balaban J connectivity index is 1.84. The van der Waals surface area contributed by atoms with E-state index in [-0.39, 0.29) is 11.3 Å². The zero-order valence-electron chi connectivity index (χ0n) is 14.6. The third-order valence-corrected chi connectivity index (χ3v) is 5.04. The number of rotatable bonds is 4. The first kappa shape index (κ1) is 17.4. The van der Waals surface area contributed by atoms with E-state index in [1.807, 2.05) is 0 Å². The molecule has 134 valence electrons. The van der Waals surface area contributed by atoms with E-state index in [2.05, 4.69) is 22.5 Å². The standard InChI is InChI=1S/C18H24N4O3/c1-3-22-14-5-4-12(10-13(14)21-16(24)17(22)25)15(23)20-11-18(2)6-8-19-9-7-18/h4-5,10,19H,3,6-9,11H2,1-2H3,(H,20,23)(H,21,24). The molecule has 1 amide bonds. The van der Waals surface area contributed by atoms with Crippen molar-refractivity contribution < 1.29 is 4.79 Å². The normalized spacial score (nSPS) is 16.7. The van der Waals surface area contributed by atoms with Gasteiger partial charge in [0.25, 0.3) is 5.91 Å². The molecule has 1 aliphatic rings. The van der Waals surface area contributed by atoms with Gasteiger partial charge in [0.05, 0.1) is 11.0 Å². The Hall–Kier alpha value is -2.41. The Kier molecular flexibility index (Phi) is 4.76. The molecule has 1 aromatic heterocycles. The van der Waals surface area contributed by atoms with Crippen LogP contribution in [0.4, 0.5) is 0 Å². The van der Waals surface area contributed by atoms with E-state index in [1.165, 1.54) is 4.57 Å². The summed E-state index contributed by atoms with van der Waals surface area (Å²) >= 11 is 0. The number of fused-ring (bicyclic) bond motifs is 1. The van der Waals surface area contributed by atoms with Crippen LogP contribution in [0.3, 0.4) is 0 Å². The van der Waals surface area contributed by atoms with E-state index in [0.29, 0.717) is 29.7 Å². The minimum Gasteiger partial charge on any atom is -0.351 e. The second-order valence-electron chi connectivity index (χ2n) is 6.98. The first-order chi connectivity index (χ1) is 11.9. The fourth-order valence-corrected chi connectivity index (χ4v) is 3.34. The van der Waals surface area contributed by atoms with Gasteiger partial charge in [-0.1, -0.05) is 6.92 Å². The van der Waals surface area contributed by atoms with Crippen molar-refractivity contribution in [3.63, 3.8) is 0 Å². The van der Waals surface area contributed by atoms with E-state index in [1.54, 1.807) is 25.1 Å². The summed E-state index contributed by atoms with van der Waals surface area (Å²) in [5.74, 6) is -0.170. The van der Waals surface area contributed by atoms with Crippen molar-refractivity contribution in [3.05, 3.63) is 44.5 Å². The highest BCUT2D eigenvalue weighted by molar-refractivity contribution is 5.97. The highest BCUT2D eigenvalue weighted by atomic mass is 16.2. The molecule has 2 heterocycles. The van der Waals surface area contributed by atoms with Crippen LogP contribution < -0.4 is 21.8 Å². The molecular formula is C18H24N4O3. The van der Waals surface area contributed by atoms with E-state index in [4.69, 9.17) is 0 Å². The Morgan fingerprint density at radius 1 is 1.28 bits per heavy atom. The molecule has 0 aliphatic carbocycles. The highest BCUT2D eigenvalue weighted by Crippen LogP contribution is 2.26. The van der Waals surface area contributed by atoms with Crippen molar-refractivity contribution in [2.75, 3.05) is 19.6 Å². The number of hydrogen-bond acceptors (Lipinski definition) is 4. The Labute approximate surface area is 145 Å². The van der Waals surface area contributed by atoms with Crippen molar-refractivity contribution in [2.24, 2.45) is 5.41 Å². The predicted molar refractivity (Wildman–Crippen MR) is 97.0 cm³/mol. The number of carbonyl (C=O) groups excluding carboxylic acids is 1. The lowest BCUT2D eigenvalue weighted by Crippen LogP contribution is -2.42. The zero-order valence-corrected chi connectivity index (χ0v) is 14.6. The minimum atomic E-state index is -0.672. The van der Waals surface area contributed by atoms with Crippen molar-refractivity contribution in [1.82, 2.24) is 20.2 Å². The molecule has 1 aromatic carbocycles. The molecule has 1 saturated heterocycles. The summed E-state index contributed by atoms with van der Waals surface area (Å²) in [6.07, 6.45) is 2.06. The first-order valence-electron chi connectivity index (χ1n) is 8.69. The molecule has 7 heteroatoms. The number of nitrogens with one attached hydrogen (secondary N) is 3. The summed E-state index contributed by atoms with van der Waals surface area (Å²) in [5.41, 5.74) is 0.442. The zero-order chi connectivity index (χ0) is 18.0. The maximum Gasteiger partial charge on any atom is 0.316 e. The maximum absolute atomic E-state index is 12.5. The van der Waals surface area contributed by atoms with Gasteiger partial charge >= 0.3 is 11.1 Å². The molecule has 0 radical (unpaired) electrons. The number of benzene rings is 1. The number of H-pyrrole nitrogens is 1. The summed E-state index contributed by atoms with van der Waals surface area (Å²) in [6, 6.07) is 5.02. The number of amides is 1. The van der Waals surface area contributed by atoms with Gasteiger partial charge in [0.1, 0.15) is 0 Å². The molecule has 0 saturated carbocycles. The van der Waals surface area contributed by atoms with E-state index in [0.717, 1.165) is 25.9 Å². The number of piperidine rings is 1. The van der Waals surface area contributed by atoms with Gasteiger partial charge < -0.3 is 20.2 Å². The summed E-state index contributed by atoms with van der Waals surface area (Å²) in [4.78, 5) is 38.7. The summed E-state index contributed by atoms with van der Waals surface area (Å²) in [5, 5.41) is 6.33. The van der Waals surface area contributed by atoms with Gasteiger partial charge in [-0.15, -0.1) is 0 Å². The van der Waals surface area contributed by atoms with Crippen LogP contribution in [0.15, 0.2) is 27.8 Å². The molecule has 3 rings (SSSR count). The molecule has 7 nitrogen and oxygen atoms in total. The molecule has 0 spiro atoms. The van der Waals surface area contributed by atoms with Gasteiger partial charge in [0.2, 0.25) is 0 Å². The monoisotopic (exact) mass is 344 g/mol. The average Bonchev–Trinajstić information content (AvgIpc) is 2.61. The second-order valence-corrected chi connectivity index (χ2v) is 6.98. The van der Waals surface area contributed by atoms with Crippen LogP contribution in [-0.4, -0.2) is 35.1 Å². The van der Waals surface area contributed by atoms with Crippen LogP contribution in [-0.2, 0) is 6.54 Å². The van der Waals surface area contributed by atoms with Crippen LogP contribution in [0.25, 0.3) is 11.0 Å².